The van der Waals surface area contributed by atoms with E-state index < -0.39 is 12.1 Å². The Labute approximate surface area is 118 Å². The van der Waals surface area contributed by atoms with Gasteiger partial charge >= 0.3 is 5.97 Å². The number of hydrogen-bond acceptors (Lipinski definition) is 4. The third kappa shape index (κ3) is 4.60. The molecule has 0 spiro atoms. The minimum atomic E-state index is -0.853. The summed E-state index contributed by atoms with van der Waals surface area (Å²) in [4.78, 5) is 14.8. The van der Waals surface area contributed by atoms with Crippen molar-refractivity contribution in [2.45, 2.75) is 44.9 Å². The largest absolute Gasteiger partial charge is 0.479 e. The average Bonchev–Trinajstić information content (AvgIpc) is 3.10. The first kappa shape index (κ1) is 14.5. The number of rotatable bonds is 9. The number of carboxylic acids is 1. The van der Waals surface area contributed by atoms with Crippen LogP contribution in [0.25, 0.3) is 0 Å². The Morgan fingerprint density at radius 1 is 1.63 bits per heavy atom. The summed E-state index contributed by atoms with van der Waals surface area (Å²) >= 11 is 1.76. The first-order valence-corrected chi connectivity index (χ1v) is 7.69. The van der Waals surface area contributed by atoms with Crippen LogP contribution in [-0.4, -0.2) is 41.3 Å². The van der Waals surface area contributed by atoms with E-state index >= 15 is 0 Å². The second-order valence-corrected chi connectivity index (χ2v) is 5.88. The highest BCUT2D eigenvalue weighted by atomic mass is 32.1. The fraction of sp³-hybridized carbons (Fsp3) is 0.643. The van der Waals surface area contributed by atoms with Crippen molar-refractivity contribution in [1.82, 2.24) is 4.90 Å². The molecule has 1 unspecified atom stereocenters. The van der Waals surface area contributed by atoms with E-state index in [4.69, 9.17) is 9.84 Å². The van der Waals surface area contributed by atoms with Crippen LogP contribution >= 0.6 is 11.3 Å². The molecule has 1 atom stereocenters. The fourth-order valence-corrected chi connectivity index (χ4v) is 2.92. The van der Waals surface area contributed by atoms with E-state index in [-0.39, 0.29) is 0 Å². The summed E-state index contributed by atoms with van der Waals surface area (Å²) in [7, 11) is 0. The van der Waals surface area contributed by atoms with E-state index in [1.54, 1.807) is 11.3 Å². The summed E-state index contributed by atoms with van der Waals surface area (Å²) in [6.45, 7) is 4.01. The summed E-state index contributed by atoms with van der Waals surface area (Å²) in [5.74, 6) is -0.853. The summed E-state index contributed by atoms with van der Waals surface area (Å²) in [6.07, 6.45) is 2.36. The number of hydrogen-bond donors (Lipinski definition) is 1. The van der Waals surface area contributed by atoms with Gasteiger partial charge in [0.2, 0.25) is 0 Å². The number of carboxylic acid groups (broad SMARTS) is 1. The van der Waals surface area contributed by atoms with Crippen LogP contribution in [0.4, 0.5) is 0 Å². The number of thiophene rings is 1. The molecule has 106 valence electrons. The molecule has 19 heavy (non-hydrogen) atoms. The third-order valence-corrected chi connectivity index (χ3v) is 4.19. The second-order valence-electron chi connectivity index (χ2n) is 4.85. The predicted octanol–water partition coefficient (Wildman–Crippen LogP) is 2.59. The van der Waals surface area contributed by atoms with Gasteiger partial charge in [-0.25, -0.2) is 4.79 Å². The molecule has 1 aromatic heterocycles. The van der Waals surface area contributed by atoms with E-state index in [0.717, 1.165) is 13.1 Å². The molecule has 0 radical (unpaired) electrons. The number of carbonyl (C=O) groups is 1. The Balaban J connectivity index is 1.84. The molecule has 4 nitrogen and oxygen atoms in total. The molecule has 0 saturated heterocycles. The van der Waals surface area contributed by atoms with Crippen molar-refractivity contribution in [2.75, 3.05) is 13.2 Å². The zero-order valence-electron chi connectivity index (χ0n) is 11.2. The average molecular weight is 283 g/mol. The van der Waals surface area contributed by atoms with Crippen molar-refractivity contribution in [3.8, 4) is 0 Å². The van der Waals surface area contributed by atoms with E-state index in [0.29, 0.717) is 19.1 Å². The van der Waals surface area contributed by atoms with Crippen molar-refractivity contribution >= 4 is 17.3 Å². The van der Waals surface area contributed by atoms with E-state index in [2.05, 4.69) is 22.4 Å². The van der Waals surface area contributed by atoms with Gasteiger partial charge in [-0.05, 0) is 37.6 Å². The molecule has 0 aliphatic heterocycles. The monoisotopic (exact) mass is 283 g/mol. The predicted molar refractivity (Wildman–Crippen MR) is 75.4 cm³/mol. The van der Waals surface area contributed by atoms with Crippen LogP contribution in [-0.2, 0) is 16.1 Å². The lowest BCUT2D eigenvalue weighted by Crippen LogP contribution is -2.32. The summed E-state index contributed by atoms with van der Waals surface area (Å²) in [5, 5.41) is 11.2. The zero-order chi connectivity index (χ0) is 13.7. The number of aliphatic carboxylic acids is 1. The van der Waals surface area contributed by atoms with Crippen molar-refractivity contribution in [1.29, 1.82) is 0 Å². The van der Waals surface area contributed by atoms with Crippen LogP contribution in [0.2, 0.25) is 0 Å². The molecule has 0 amide bonds. The summed E-state index contributed by atoms with van der Waals surface area (Å²) < 4.78 is 5.27. The van der Waals surface area contributed by atoms with Crippen LogP contribution in [0.5, 0.6) is 0 Å². The SMILES string of the molecule is CCOC(CCN(Cc1cccs1)C1CC1)C(=O)O. The first-order valence-electron chi connectivity index (χ1n) is 6.81. The van der Waals surface area contributed by atoms with Gasteiger partial charge < -0.3 is 9.84 Å². The molecule has 2 rings (SSSR count). The molecule has 1 heterocycles. The Morgan fingerprint density at radius 2 is 2.42 bits per heavy atom. The maximum absolute atomic E-state index is 11.1. The Kier molecular flexibility index (Phi) is 5.36. The number of nitrogens with zero attached hydrogens (tertiary/aromatic N) is 1. The highest BCUT2D eigenvalue weighted by molar-refractivity contribution is 7.09. The van der Waals surface area contributed by atoms with Gasteiger partial charge in [-0.15, -0.1) is 11.3 Å². The maximum atomic E-state index is 11.1. The van der Waals surface area contributed by atoms with E-state index in [1.165, 1.54) is 17.7 Å². The Bertz CT molecular complexity index is 389. The van der Waals surface area contributed by atoms with Crippen molar-refractivity contribution < 1.29 is 14.6 Å². The van der Waals surface area contributed by atoms with Gasteiger partial charge in [0.05, 0.1) is 0 Å². The highest BCUT2D eigenvalue weighted by Crippen LogP contribution is 2.29. The van der Waals surface area contributed by atoms with Gasteiger partial charge in [-0.1, -0.05) is 6.07 Å². The molecule has 5 heteroatoms. The lowest BCUT2D eigenvalue weighted by molar-refractivity contribution is -0.150. The molecule has 1 aromatic rings. The fourth-order valence-electron chi connectivity index (χ4n) is 2.20. The van der Waals surface area contributed by atoms with Crippen LogP contribution in [0.15, 0.2) is 17.5 Å². The zero-order valence-corrected chi connectivity index (χ0v) is 12.1. The standard InChI is InChI=1S/C14H21NO3S/c1-2-18-13(14(16)17)7-8-15(11-5-6-11)10-12-4-3-9-19-12/h3-4,9,11,13H,2,5-8,10H2,1H3,(H,16,17). The van der Waals surface area contributed by atoms with Gasteiger partial charge in [0.25, 0.3) is 0 Å². The van der Waals surface area contributed by atoms with Gasteiger partial charge in [0.15, 0.2) is 6.10 Å². The summed E-state index contributed by atoms with van der Waals surface area (Å²) in [6, 6.07) is 4.83. The van der Waals surface area contributed by atoms with Crippen molar-refractivity contribution in [3.05, 3.63) is 22.4 Å². The third-order valence-electron chi connectivity index (χ3n) is 3.32. The topological polar surface area (TPSA) is 49.8 Å². The van der Waals surface area contributed by atoms with Gasteiger partial charge in [-0.3, -0.25) is 4.90 Å². The summed E-state index contributed by atoms with van der Waals surface area (Å²) in [5.41, 5.74) is 0. The first-order chi connectivity index (χ1) is 9.20. The molecule has 1 fully saturated rings. The normalized spacial score (nSPS) is 16.7. The van der Waals surface area contributed by atoms with Crippen LogP contribution in [0.3, 0.4) is 0 Å². The van der Waals surface area contributed by atoms with Gasteiger partial charge in [0, 0.05) is 30.6 Å². The Hall–Kier alpha value is -0.910. The lowest BCUT2D eigenvalue weighted by Gasteiger charge is -2.23. The quantitative estimate of drug-likeness (QED) is 0.757. The van der Waals surface area contributed by atoms with E-state index in [9.17, 15) is 4.79 Å². The second kappa shape index (κ2) is 7.03. The molecule has 1 N–H and O–H groups in total. The van der Waals surface area contributed by atoms with Crippen LogP contribution in [0.1, 0.15) is 31.1 Å². The molecular weight excluding hydrogens is 262 g/mol. The van der Waals surface area contributed by atoms with Crippen LogP contribution in [0, 0.1) is 0 Å². The van der Waals surface area contributed by atoms with Crippen LogP contribution < -0.4 is 0 Å². The molecule has 1 aliphatic rings. The van der Waals surface area contributed by atoms with Crippen molar-refractivity contribution in [2.24, 2.45) is 0 Å². The lowest BCUT2D eigenvalue weighted by atomic mass is 10.2. The van der Waals surface area contributed by atoms with E-state index in [1.807, 2.05) is 6.92 Å². The van der Waals surface area contributed by atoms with Gasteiger partial charge in [0.1, 0.15) is 0 Å². The Morgan fingerprint density at radius 3 is 2.95 bits per heavy atom. The molecule has 0 bridgehead atoms. The van der Waals surface area contributed by atoms with Gasteiger partial charge in [-0.2, -0.15) is 0 Å². The smallest absolute Gasteiger partial charge is 0.332 e. The van der Waals surface area contributed by atoms with Crippen molar-refractivity contribution in [3.63, 3.8) is 0 Å². The molecule has 1 aliphatic carbocycles. The molecular formula is C14H21NO3S. The number of ether oxygens (including phenoxy) is 1. The minimum absolute atomic E-state index is 0.450. The highest BCUT2D eigenvalue weighted by Gasteiger charge is 2.30. The molecule has 1 saturated carbocycles. The molecule has 0 aromatic carbocycles. The minimum Gasteiger partial charge on any atom is -0.479 e. The maximum Gasteiger partial charge on any atom is 0.332 e.